The average molecular weight is 463 g/mol. The van der Waals surface area contributed by atoms with Gasteiger partial charge in [-0.15, -0.1) is 0 Å². The summed E-state index contributed by atoms with van der Waals surface area (Å²) in [6, 6.07) is 11.3. The standard InChI is InChI=1S/C22H20Cl2N2O5/c1-3-30-22(29)13(2)31-19-6-4-5-16-15(19)9-10-26(21(16)28)12-20(27)25-14-7-8-17(23)18(24)11-14/h4-11,13H,3,12H2,1-2H3,(H,25,27)/t13-/m0/s1. The van der Waals surface area contributed by atoms with Gasteiger partial charge < -0.3 is 19.4 Å². The predicted molar refractivity (Wildman–Crippen MR) is 120 cm³/mol. The normalized spacial score (nSPS) is 11.7. The van der Waals surface area contributed by atoms with Crippen molar-refractivity contribution in [1.29, 1.82) is 0 Å². The summed E-state index contributed by atoms with van der Waals surface area (Å²) in [5.41, 5.74) is 0.105. The number of aromatic nitrogens is 1. The van der Waals surface area contributed by atoms with Crippen LogP contribution in [0.5, 0.6) is 5.75 Å². The first kappa shape index (κ1) is 22.7. The molecule has 0 spiro atoms. The van der Waals surface area contributed by atoms with Crippen molar-refractivity contribution in [3.63, 3.8) is 0 Å². The minimum Gasteiger partial charge on any atom is -0.478 e. The Bertz CT molecular complexity index is 1190. The number of carbonyl (C=O) groups is 2. The summed E-state index contributed by atoms with van der Waals surface area (Å²) in [5.74, 6) is -0.516. The lowest BCUT2D eigenvalue weighted by molar-refractivity contribution is -0.150. The van der Waals surface area contributed by atoms with Crippen LogP contribution in [0.3, 0.4) is 0 Å². The molecule has 0 saturated carbocycles. The fourth-order valence-electron chi connectivity index (χ4n) is 2.94. The van der Waals surface area contributed by atoms with Gasteiger partial charge in [0.1, 0.15) is 12.3 Å². The van der Waals surface area contributed by atoms with Crippen LogP contribution in [0.15, 0.2) is 53.5 Å². The molecule has 3 rings (SSSR count). The Balaban J connectivity index is 1.81. The molecule has 1 atom stereocenters. The molecule has 162 valence electrons. The summed E-state index contributed by atoms with van der Waals surface area (Å²) in [6.07, 6.45) is 0.672. The lowest BCUT2D eigenvalue weighted by Crippen LogP contribution is -2.28. The number of esters is 1. The third-order valence-corrected chi connectivity index (χ3v) is 5.16. The quantitative estimate of drug-likeness (QED) is 0.529. The molecule has 1 aromatic heterocycles. The summed E-state index contributed by atoms with van der Waals surface area (Å²) in [5, 5.41) is 4.26. The summed E-state index contributed by atoms with van der Waals surface area (Å²) in [7, 11) is 0. The smallest absolute Gasteiger partial charge is 0.347 e. The van der Waals surface area contributed by atoms with E-state index < -0.39 is 18.0 Å². The third-order valence-electron chi connectivity index (χ3n) is 4.42. The molecule has 1 N–H and O–H groups in total. The molecular weight excluding hydrogens is 443 g/mol. The minimum atomic E-state index is -0.829. The summed E-state index contributed by atoms with van der Waals surface area (Å²) in [4.78, 5) is 37.1. The number of halogens is 2. The first-order chi connectivity index (χ1) is 14.8. The van der Waals surface area contributed by atoms with Gasteiger partial charge in [0.2, 0.25) is 5.91 Å². The molecule has 0 saturated heterocycles. The van der Waals surface area contributed by atoms with E-state index in [2.05, 4.69) is 5.32 Å². The van der Waals surface area contributed by atoms with Crippen LogP contribution >= 0.6 is 23.2 Å². The van der Waals surface area contributed by atoms with E-state index in [1.165, 1.54) is 16.8 Å². The summed E-state index contributed by atoms with van der Waals surface area (Å²) in [6.45, 7) is 3.34. The molecule has 2 aromatic carbocycles. The Hall–Kier alpha value is -3.03. The van der Waals surface area contributed by atoms with Crippen molar-refractivity contribution in [2.45, 2.75) is 26.5 Å². The first-order valence-electron chi connectivity index (χ1n) is 9.50. The molecule has 0 aliphatic rings. The van der Waals surface area contributed by atoms with Crippen LogP contribution in [0.2, 0.25) is 10.0 Å². The molecule has 0 bridgehead atoms. The number of rotatable bonds is 7. The van der Waals surface area contributed by atoms with E-state index in [0.717, 1.165) is 0 Å². The molecule has 0 aliphatic carbocycles. The Labute approximate surface area is 188 Å². The number of ether oxygens (including phenoxy) is 2. The van der Waals surface area contributed by atoms with Gasteiger partial charge in [-0.3, -0.25) is 9.59 Å². The van der Waals surface area contributed by atoms with Crippen LogP contribution < -0.4 is 15.6 Å². The van der Waals surface area contributed by atoms with E-state index in [9.17, 15) is 14.4 Å². The SMILES string of the molecule is CCOC(=O)[C@H](C)Oc1cccc2c(=O)n(CC(=O)Nc3ccc(Cl)c(Cl)c3)ccc12. The second kappa shape index (κ2) is 9.85. The maximum Gasteiger partial charge on any atom is 0.347 e. The maximum atomic E-state index is 12.9. The zero-order chi connectivity index (χ0) is 22.5. The Kier molecular flexibility index (Phi) is 7.20. The molecule has 3 aromatic rings. The minimum absolute atomic E-state index is 0.195. The number of fused-ring (bicyclic) bond motifs is 1. The number of pyridine rings is 1. The number of benzene rings is 2. The van der Waals surface area contributed by atoms with Crippen molar-refractivity contribution in [1.82, 2.24) is 4.57 Å². The predicted octanol–water partition coefficient (Wildman–Crippen LogP) is 4.28. The molecule has 0 radical (unpaired) electrons. The monoisotopic (exact) mass is 462 g/mol. The molecule has 1 heterocycles. The first-order valence-corrected chi connectivity index (χ1v) is 10.3. The molecule has 0 fully saturated rings. The maximum absolute atomic E-state index is 12.9. The highest BCUT2D eigenvalue weighted by Gasteiger charge is 2.18. The lowest BCUT2D eigenvalue weighted by atomic mass is 10.1. The summed E-state index contributed by atoms with van der Waals surface area (Å²) >= 11 is 11.8. The van der Waals surface area contributed by atoms with Crippen LogP contribution in [-0.2, 0) is 20.9 Å². The van der Waals surface area contributed by atoms with Gasteiger partial charge in [-0.25, -0.2) is 4.79 Å². The van der Waals surface area contributed by atoms with Crippen LogP contribution in [0.1, 0.15) is 13.8 Å². The number of hydrogen-bond donors (Lipinski definition) is 1. The number of amides is 1. The molecule has 0 unspecified atom stereocenters. The Morgan fingerprint density at radius 1 is 1.10 bits per heavy atom. The van der Waals surface area contributed by atoms with E-state index in [-0.39, 0.29) is 18.7 Å². The van der Waals surface area contributed by atoms with Crippen molar-refractivity contribution in [3.05, 3.63) is 69.1 Å². The second-order valence-electron chi connectivity index (χ2n) is 6.66. The zero-order valence-electron chi connectivity index (χ0n) is 16.9. The van der Waals surface area contributed by atoms with Crippen LogP contribution in [0, 0.1) is 0 Å². The molecule has 31 heavy (non-hydrogen) atoms. The van der Waals surface area contributed by atoms with Gasteiger partial charge in [0.05, 0.1) is 22.0 Å². The van der Waals surface area contributed by atoms with E-state index in [1.54, 1.807) is 50.2 Å². The number of nitrogens with one attached hydrogen (secondary N) is 1. The van der Waals surface area contributed by atoms with Gasteiger partial charge in [0.25, 0.3) is 5.56 Å². The number of hydrogen-bond acceptors (Lipinski definition) is 5. The largest absolute Gasteiger partial charge is 0.478 e. The molecule has 9 heteroatoms. The zero-order valence-corrected chi connectivity index (χ0v) is 18.4. The van der Waals surface area contributed by atoms with Gasteiger partial charge in [-0.2, -0.15) is 0 Å². The third kappa shape index (κ3) is 5.37. The van der Waals surface area contributed by atoms with E-state index in [4.69, 9.17) is 32.7 Å². The van der Waals surface area contributed by atoms with E-state index in [1.807, 2.05) is 0 Å². The molecule has 0 aliphatic heterocycles. The highest BCUT2D eigenvalue weighted by Crippen LogP contribution is 2.26. The molecule has 1 amide bonds. The topological polar surface area (TPSA) is 86.6 Å². The van der Waals surface area contributed by atoms with Gasteiger partial charge in [-0.1, -0.05) is 29.3 Å². The molecular formula is C22H20Cl2N2O5. The van der Waals surface area contributed by atoms with Gasteiger partial charge >= 0.3 is 5.97 Å². The summed E-state index contributed by atoms with van der Waals surface area (Å²) < 4.78 is 11.9. The van der Waals surface area contributed by atoms with Gasteiger partial charge in [0, 0.05) is 17.3 Å². The van der Waals surface area contributed by atoms with Crippen molar-refractivity contribution < 1.29 is 19.1 Å². The number of anilines is 1. The average Bonchev–Trinajstić information content (AvgIpc) is 2.73. The van der Waals surface area contributed by atoms with E-state index in [0.29, 0.717) is 32.3 Å². The lowest BCUT2D eigenvalue weighted by Gasteiger charge is -2.15. The van der Waals surface area contributed by atoms with Crippen LogP contribution in [0.25, 0.3) is 10.8 Å². The van der Waals surface area contributed by atoms with Crippen molar-refractivity contribution >= 4 is 51.5 Å². The molecule has 7 nitrogen and oxygen atoms in total. The van der Waals surface area contributed by atoms with Crippen LogP contribution in [0.4, 0.5) is 5.69 Å². The van der Waals surface area contributed by atoms with E-state index >= 15 is 0 Å². The second-order valence-corrected chi connectivity index (χ2v) is 7.47. The number of carbonyl (C=O) groups excluding carboxylic acids is 2. The van der Waals surface area contributed by atoms with Gasteiger partial charge in [-0.05, 0) is 50.2 Å². The van der Waals surface area contributed by atoms with Crippen molar-refractivity contribution in [2.75, 3.05) is 11.9 Å². The van der Waals surface area contributed by atoms with Crippen molar-refractivity contribution in [3.8, 4) is 5.75 Å². The number of nitrogens with zero attached hydrogens (tertiary/aromatic N) is 1. The Morgan fingerprint density at radius 2 is 1.87 bits per heavy atom. The van der Waals surface area contributed by atoms with Crippen LogP contribution in [-0.4, -0.2) is 29.2 Å². The highest BCUT2D eigenvalue weighted by molar-refractivity contribution is 6.42. The van der Waals surface area contributed by atoms with Crippen molar-refractivity contribution in [2.24, 2.45) is 0 Å². The van der Waals surface area contributed by atoms with Gasteiger partial charge in [0.15, 0.2) is 6.10 Å². The fraction of sp³-hybridized carbons (Fsp3) is 0.227. The fourth-order valence-corrected chi connectivity index (χ4v) is 3.24. The highest BCUT2D eigenvalue weighted by atomic mass is 35.5. The Morgan fingerprint density at radius 3 is 2.58 bits per heavy atom.